The van der Waals surface area contributed by atoms with Crippen LogP contribution in [0.1, 0.15) is 11.6 Å². The van der Waals surface area contributed by atoms with Crippen LogP contribution in [0.2, 0.25) is 0 Å². The third-order valence-electron chi connectivity index (χ3n) is 2.07. The Morgan fingerprint density at radius 3 is 2.41 bits per heavy atom. The second-order valence-corrected chi connectivity index (χ2v) is 3.27. The summed E-state index contributed by atoms with van der Waals surface area (Å²) in [5.41, 5.74) is 6.11. The van der Waals surface area contributed by atoms with Gasteiger partial charge >= 0.3 is 5.97 Å². The van der Waals surface area contributed by atoms with Gasteiger partial charge in [0.15, 0.2) is 0 Å². The molecule has 1 aromatic carbocycles. The van der Waals surface area contributed by atoms with Crippen molar-refractivity contribution in [2.75, 3.05) is 13.7 Å². The molecule has 0 aliphatic carbocycles. The number of ether oxygens (including phenoxy) is 2. The first kappa shape index (κ1) is 13.4. The van der Waals surface area contributed by atoms with Gasteiger partial charge in [0.1, 0.15) is 18.4 Å². The van der Waals surface area contributed by atoms with Gasteiger partial charge in [-0.3, -0.25) is 4.79 Å². The number of halogens is 2. The summed E-state index contributed by atoms with van der Waals surface area (Å²) < 4.78 is 33.0. The molecule has 1 unspecified atom stereocenters. The second kappa shape index (κ2) is 6.15. The van der Waals surface area contributed by atoms with E-state index >= 15 is 0 Å². The van der Waals surface area contributed by atoms with Crippen molar-refractivity contribution in [3.63, 3.8) is 0 Å². The van der Waals surface area contributed by atoms with Crippen LogP contribution in [0, 0.1) is 0 Å². The Kier molecular flexibility index (Phi) is 4.84. The maximum absolute atomic E-state index is 11.9. The van der Waals surface area contributed by atoms with E-state index in [9.17, 15) is 13.6 Å². The first-order valence-corrected chi connectivity index (χ1v) is 4.89. The highest BCUT2D eigenvalue weighted by molar-refractivity contribution is 5.77. The van der Waals surface area contributed by atoms with Gasteiger partial charge in [-0.25, -0.2) is 8.78 Å². The molecule has 0 aliphatic rings. The van der Waals surface area contributed by atoms with Gasteiger partial charge in [0.2, 0.25) is 0 Å². The number of hydrogen-bond donors (Lipinski definition) is 1. The van der Waals surface area contributed by atoms with Gasteiger partial charge in [0, 0.05) is 0 Å². The summed E-state index contributed by atoms with van der Waals surface area (Å²) in [6.07, 6.45) is -2.52. The molecule has 0 saturated heterocycles. The van der Waals surface area contributed by atoms with E-state index in [2.05, 4.69) is 4.74 Å². The number of esters is 1. The topological polar surface area (TPSA) is 61.5 Å². The van der Waals surface area contributed by atoms with Gasteiger partial charge in [-0.2, -0.15) is 0 Å². The maximum Gasteiger partial charge on any atom is 0.327 e. The van der Waals surface area contributed by atoms with Crippen molar-refractivity contribution >= 4 is 5.97 Å². The third-order valence-corrected chi connectivity index (χ3v) is 2.07. The van der Waals surface area contributed by atoms with E-state index in [-0.39, 0.29) is 0 Å². The van der Waals surface area contributed by atoms with Crippen LogP contribution in [0.25, 0.3) is 0 Å². The van der Waals surface area contributed by atoms with E-state index in [0.717, 1.165) is 0 Å². The fraction of sp³-hybridized carbons (Fsp3) is 0.364. The minimum atomic E-state index is -2.52. The highest BCUT2D eigenvalue weighted by atomic mass is 19.3. The molecule has 1 rings (SSSR count). The van der Waals surface area contributed by atoms with Crippen molar-refractivity contribution in [1.82, 2.24) is 0 Å². The molecule has 0 saturated carbocycles. The summed E-state index contributed by atoms with van der Waals surface area (Å²) >= 11 is 0. The van der Waals surface area contributed by atoms with Crippen molar-refractivity contribution in [3.05, 3.63) is 29.8 Å². The summed E-state index contributed by atoms with van der Waals surface area (Å²) in [6, 6.07) is 5.12. The highest BCUT2D eigenvalue weighted by Crippen LogP contribution is 2.17. The Balaban J connectivity index is 2.64. The van der Waals surface area contributed by atoms with Gasteiger partial charge in [-0.15, -0.1) is 0 Å². The average molecular weight is 245 g/mol. The lowest BCUT2D eigenvalue weighted by atomic mass is 10.1. The molecule has 1 aromatic rings. The van der Waals surface area contributed by atoms with Crippen LogP contribution >= 0.6 is 0 Å². The number of hydrogen-bond acceptors (Lipinski definition) is 4. The minimum Gasteiger partial charge on any atom is -0.488 e. The molecule has 6 heteroatoms. The maximum atomic E-state index is 11.9. The molecule has 0 amide bonds. The third kappa shape index (κ3) is 3.99. The fourth-order valence-corrected chi connectivity index (χ4v) is 1.19. The molecule has 17 heavy (non-hydrogen) atoms. The molecule has 94 valence electrons. The largest absolute Gasteiger partial charge is 0.488 e. The number of benzene rings is 1. The Hall–Kier alpha value is -1.69. The molecule has 0 fully saturated rings. The number of carbonyl (C=O) groups excluding carboxylic acids is 1. The number of nitrogens with two attached hydrogens (primary N) is 1. The normalized spacial score (nSPS) is 12.3. The lowest BCUT2D eigenvalue weighted by Crippen LogP contribution is -2.22. The van der Waals surface area contributed by atoms with Crippen LogP contribution in [0.4, 0.5) is 8.78 Å². The van der Waals surface area contributed by atoms with E-state index in [1.54, 1.807) is 0 Å². The summed E-state index contributed by atoms with van der Waals surface area (Å²) in [7, 11) is 1.24. The zero-order valence-electron chi connectivity index (χ0n) is 9.23. The SMILES string of the molecule is COC(=O)C(N)c1ccc(OCC(F)F)cc1. The summed E-state index contributed by atoms with van der Waals surface area (Å²) in [6.45, 7) is -0.664. The first-order valence-electron chi connectivity index (χ1n) is 4.89. The standard InChI is InChI=1S/C11H13F2NO3/c1-16-11(15)10(14)7-2-4-8(5-3-7)17-6-9(12)13/h2-5,9-10H,6,14H2,1H3. The molecule has 0 aliphatic heterocycles. The smallest absolute Gasteiger partial charge is 0.327 e. The lowest BCUT2D eigenvalue weighted by Gasteiger charge is -2.10. The highest BCUT2D eigenvalue weighted by Gasteiger charge is 2.15. The predicted molar refractivity (Wildman–Crippen MR) is 56.9 cm³/mol. The Bertz CT molecular complexity index is 367. The van der Waals surface area contributed by atoms with Crippen molar-refractivity contribution in [2.45, 2.75) is 12.5 Å². The molecule has 0 heterocycles. The van der Waals surface area contributed by atoms with Crippen molar-refractivity contribution < 1.29 is 23.0 Å². The van der Waals surface area contributed by atoms with Crippen LogP contribution in [0.5, 0.6) is 5.75 Å². The van der Waals surface area contributed by atoms with Crippen LogP contribution < -0.4 is 10.5 Å². The lowest BCUT2D eigenvalue weighted by molar-refractivity contribution is -0.142. The quantitative estimate of drug-likeness (QED) is 0.798. The molecular formula is C11H13F2NO3. The molecule has 4 nitrogen and oxygen atoms in total. The average Bonchev–Trinajstić information content (AvgIpc) is 2.35. The minimum absolute atomic E-state index is 0.297. The van der Waals surface area contributed by atoms with Gasteiger partial charge in [-0.05, 0) is 17.7 Å². The molecule has 0 bridgehead atoms. The van der Waals surface area contributed by atoms with E-state index < -0.39 is 25.0 Å². The van der Waals surface area contributed by atoms with Crippen LogP contribution in [-0.4, -0.2) is 26.1 Å². The Morgan fingerprint density at radius 2 is 1.94 bits per heavy atom. The van der Waals surface area contributed by atoms with Crippen LogP contribution in [0.15, 0.2) is 24.3 Å². The number of carbonyl (C=O) groups is 1. The molecular weight excluding hydrogens is 232 g/mol. The van der Waals surface area contributed by atoms with E-state index in [1.165, 1.54) is 31.4 Å². The van der Waals surface area contributed by atoms with Gasteiger partial charge < -0.3 is 15.2 Å². The zero-order valence-corrected chi connectivity index (χ0v) is 9.23. The van der Waals surface area contributed by atoms with Crippen molar-refractivity contribution in [3.8, 4) is 5.75 Å². The summed E-state index contributed by atoms with van der Waals surface area (Å²) in [5.74, 6) is -0.266. The molecule has 1 atom stereocenters. The summed E-state index contributed by atoms with van der Waals surface area (Å²) in [4.78, 5) is 11.1. The number of methoxy groups -OCH3 is 1. The van der Waals surface area contributed by atoms with Gasteiger partial charge in [0.25, 0.3) is 6.43 Å². The van der Waals surface area contributed by atoms with E-state index in [4.69, 9.17) is 10.5 Å². The van der Waals surface area contributed by atoms with Gasteiger partial charge in [0.05, 0.1) is 7.11 Å². The van der Waals surface area contributed by atoms with Crippen LogP contribution in [0.3, 0.4) is 0 Å². The monoisotopic (exact) mass is 245 g/mol. The van der Waals surface area contributed by atoms with Crippen molar-refractivity contribution in [1.29, 1.82) is 0 Å². The molecule has 0 radical (unpaired) electrons. The Labute approximate surface area is 97.3 Å². The van der Waals surface area contributed by atoms with Crippen LogP contribution in [-0.2, 0) is 9.53 Å². The number of alkyl halides is 2. The Morgan fingerprint density at radius 1 is 1.35 bits per heavy atom. The number of rotatable bonds is 5. The van der Waals surface area contributed by atoms with Crippen molar-refractivity contribution in [2.24, 2.45) is 5.73 Å². The first-order chi connectivity index (χ1) is 8.04. The molecule has 2 N–H and O–H groups in total. The zero-order chi connectivity index (χ0) is 12.8. The second-order valence-electron chi connectivity index (χ2n) is 3.27. The van der Waals surface area contributed by atoms with E-state index in [0.29, 0.717) is 11.3 Å². The van der Waals surface area contributed by atoms with E-state index in [1.807, 2.05) is 0 Å². The molecule has 0 aromatic heterocycles. The van der Waals surface area contributed by atoms with Gasteiger partial charge in [-0.1, -0.05) is 12.1 Å². The predicted octanol–water partition coefficient (Wildman–Crippen LogP) is 1.50. The fourth-order valence-electron chi connectivity index (χ4n) is 1.19. The molecule has 0 spiro atoms. The summed E-state index contributed by atoms with van der Waals surface area (Å²) in [5, 5.41) is 0.